The van der Waals surface area contributed by atoms with Crippen LogP contribution < -0.4 is 0 Å². The maximum absolute atomic E-state index is 10.5. The fourth-order valence-electron chi connectivity index (χ4n) is 12.2. The lowest BCUT2D eigenvalue weighted by Gasteiger charge is -2.18. The molecule has 0 aliphatic heterocycles. The van der Waals surface area contributed by atoms with Gasteiger partial charge in [0.05, 0.1) is 58.2 Å². The van der Waals surface area contributed by atoms with Crippen LogP contribution >= 0.6 is 0 Å². The van der Waals surface area contributed by atoms with Gasteiger partial charge in [-0.05, 0) is 122 Å². The fourth-order valence-corrected chi connectivity index (χ4v) is 12.2. The molecule has 0 saturated heterocycles. The predicted molar refractivity (Wildman–Crippen MR) is 349 cm³/mol. The highest BCUT2D eigenvalue weighted by atomic mass is 15.1. The average molecular weight is 1100 g/mol. The molecule has 0 spiro atoms. The third-order valence-corrected chi connectivity index (χ3v) is 16.3. The quantitative estimate of drug-likeness (QED) is 0.128. The van der Waals surface area contributed by atoms with E-state index in [1.165, 1.54) is 0 Å². The Morgan fingerprint density at radius 1 is 0.291 bits per heavy atom. The molecule has 0 bridgehead atoms. The van der Waals surface area contributed by atoms with Crippen LogP contribution in [0.2, 0.25) is 0 Å². The number of hydrogen-bond donors (Lipinski definition) is 0. The summed E-state index contributed by atoms with van der Waals surface area (Å²) in [4.78, 5) is 24.5. The van der Waals surface area contributed by atoms with Crippen LogP contribution in [0.3, 0.4) is 0 Å². The molecule has 0 radical (unpaired) electrons. The summed E-state index contributed by atoms with van der Waals surface area (Å²) >= 11 is 0. The molecule has 8 heteroatoms. The van der Waals surface area contributed by atoms with E-state index < -0.39 is 0 Å². The third-order valence-electron chi connectivity index (χ3n) is 16.3. The van der Waals surface area contributed by atoms with E-state index in [0.717, 1.165) is 127 Å². The van der Waals surface area contributed by atoms with Crippen molar-refractivity contribution in [2.75, 3.05) is 0 Å². The molecule has 0 unspecified atom stereocenters. The van der Waals surface area contributed by atoms with Gasteiger partial charge in [0.15, 0.2) is 28.8 Å². The van der Waals surface area contributed by atoms with E-state index in [2.05, 4.69) is 195 Å². The summed E-state index contributed by atoms with van der Waals surface area (Å²) in [6.45, 7) is 16.2. The monoisotopic (exact) mass is 1090 g/mol. The summed E-state index contributed by atoms with van der Waals surface area (Å²) in [5, 5.41) is 14.9. The number of aromatic nitrogens is 5. The molecule has 3 heterocycles. The van der Waals surface area contributed by atoms with E-state index in [1.54, 1.807) is 0 Å². The lowest BCUT2D eigenvalue weighted by molar-refractivity contribution is 1.06. The molecule has 3 aromatic heterocycles. The van der Waals surface area contributed by atoms with Gasteiger partial charge >= 0.3 is 0 Å². The molecule has 8 nitrogen and oxygen atoms in total. The van der Waals surface area contributed by atoms with Crippen LogP contribution in [0.25, 0.3) is 154 Å². The van der Waals surface area contributed by atoms with E-state index >= 15 is 0 Å². The van der Waals surface area contributed by atoms with Crippen molar-refractivity contribution in [3.63, 3.8) is 0 Å². The molecule has 0 fully saturated rings. The van der Waals surface area contributed by atoms with Gasteiger partial charge in [0.25, 0.3) is 0 Å². The normalized spacial score (nSPS) is 11.2. The molecule has 0 saturated carbocycles. The Balaban J connectivity index is 1.02. The Morgan fingerprint density at radius 3 is 1.19 bits per heavy atom. The first-order valence-corrected chi connectivity index (χ1v) is 28.3. The van der Waals surface area contributed by atoms with E-state index in [0.29, 0.717) is 34.4 Å². The van der Waals surface area contributed by atoms with Crippen molar-refractivity contribution in [1.29, 1.82) is 5.26 Å². The lowest BCUT2D eigenvalue weighted by Crippen LogP contribution is -2.06. The topological polar surface area (TPSA) is 81.0 Å². The first kappa shape index (κ1) is 50.7. The van der Waals surface area contributed by atoms with Gasteiger partial charge in [-0.2, -0.15) is 5.26 Å². The van der Waals surface area contributed by atoms with Crippen molar-refractivity contribution in [2.45, 2.75) is 0 Å². The molecule has 0 amide bonds. The number of fused-ring (bicyclic) bond motifs is 6. The van der Waals surface area contributed by atoms with Crippen molar-refractivity contribution in [2.24, 2.45) is 0 Å². The summed E-state index contributed by atoms with van der Waals surface area (Å²) < 4.78 is 4.61. The first-order valence-electron chi connectivity index (χ1n) is 28.3. The minimum atomic E-state index is 0.428. The number of hydrogen-bond acceptors (Lipinski definition) is 4. The highest BCUT2D eigenvalue weighted by Gasteiger charge is 2.25. The molecule has 0 aliphatic rings. The standard InChI is InChI=1S/C78H46N8/c1-80-68-29-15-11-25-60(68)52-33-35-53(36-34-52)76-82-77(64-41-37-56(59-24-10-9-23-58(59)49-79)47-74(64)85-70-31-17-13-27-62(70)66-45-54(39-43-72(66)85)50-19-5-3-6-20-50)84-78(83-76)65-42-38-57(61-26-12-16-30-69(61)81-2)48-75(65)86-71-32-18-14-28-63(71)67-46-55(40-44-73(67)86)51-21-7-4-8-22-51/h3-48H. The first-order chi connectivity index (χ1) is 42.5. The molecular weight excluding hydrogens is 1050 g/mol. The molecule has 398 valence electrons. The highest BCUT2D eigenvalue weighted by molar-refractivity contribution is 6.12. The lowest BCUT2D eigenvalue weighted by atomic mass is 9.97. The summed E-state index contributed by atoms with van der Waals surface area (Å²) in [6, 6.07) is 97.4. The van der Waals surface area contributed by atoms with Crippen LogP contribution in [-0.4, -0.2) is 24.1 Å². The Kier molecular flexibility index (Phi) is 12.5. The fraction of sp³-hybridized carbons (Fsp3) is 0. The number of rotatable bonds is 10. The highest BCUT2D eigenvalue weighted by Crippen LogP contribution is 2.44. The second kappa shape index (κ2) is 21.2. The second-order valence-electron chi connectivity index (χ2n) is 21.2. The van der Waals surface area contributed by atoms with Crippen molar-refractivity contribution < 1.29 is 0 Å². The van der Waals surface area contributed by atoms with Gasteiger partial charge in [-0.15, -0.1) is 0 Å². The minimum Gasteiger partial charge on any atom is -0.308 e. The Hall–Kier alpha value is -12.3. The average Bonchev–Trinajstić information content (AvgIpc) is 2.62. The van der Waals surface area contributed by atoms with E-state index in [9.17, 15) is 5.26 Å². The Morgan fingerprint density at radius 2 is 0.674 bits per heavy atom. The van der Waals surface area contributed by atoms with E-state index in [-0.39, 0.29) is 0 Å². The number of benzene rings is 12. The molecule has 12 aromatic carbocycles. The predicted octanol–water partition coefficient (Wildman–Crippen LogP) is 20.4. The van der Waals surface area contributed by atoms with Crippen LogP contribution in [0.4, 0.5) is 11.4 Å². The molecular formula is C78H46N8. The molecule has 15 rings (SSSR count). The number of nitrogens with zero attached hydrogens (tertiary/aromatic N) is 8. The molecule has 86 heavy (non-hydrogen) atoms. The summed E-state index contributed by atoms with van der Waals surface area (Å²) in [5.41, 5.74) is 19.0. The maximum atomic E-state index is 10.5. The second-order valence-corrected chi connectivity index (χ2v) is 21.2. The van der Waals surface area contributed by atoms with Crippen molar-refractivity contribution >= 4 is 55.0 Å². The molecule has 0 aliphatic carbocycles. The van der Waals surface area contributed by atoms with Gasteiger partial charge in [0.1, 0.15) is 0 Å². The van der Waals surface area contributed by atoms with Gasteiger partial charge in [-0.3, -0.25) is 0 Å². The zero-order chi connectivity index (χ0) is 57.7. The van der Waals surface area contributed by atoms with Crippen LogP contribution in [0.5, 0.6) is 0 Å². The summed E-state index contributed by atoms with van der Waals surface area (Å²) in [6.07, 6.45) is 0. The Bertz CT molecular complexity index is 5050. The summed E-state index contributed by atoms with van der Waals surface area (Å²) in [7, 11) is 0. The van der Waals surface area contributed by atoms with Crippen molar-refractivity contribution in [3.05, 3.63) is 307 Å². The zero-order valence-corrected chi connectivity index (χ0v) is 46.1. The largest absolute Gasteiger partial charge is 0.308 e. The van der Waals surface area contributed by atoms with Gasteiger partial charge in [0.2, 0.25) is 0 Å². The van der Waals surface area contributed by atoms with E-state index in [4.69, 9.17) is 28.1 Å². The number of nitriles is 1. The van der Waals surface area contributed by atoms with Gasteiger partial charge in [-0.25, -0.2) is 24.6 Å². The maximum Gasteiger partial charge on any atom is 0.194 e. The van der Waals surface area contributed by atoms with Gasteiger partial charge in [0, 0.05) is 38.2 Å². The van der Waals surface area contributed by atoms with Gasteiger partial charge in [-0.1, -0.05) is 212 Å². The molecule has 0 atom stereocenters. The molecule has 15 aromatic rings. The van der Waals surface area contributed by atoms with Crippen LogP contribution in [-0.2, 0) is 0 Å². The zero-order valence-electron chi connectivity index (χ0n) is 46.1. The van der Waals surface area contributed by atoms with Crippen LogP contribution in [0, 0.1) is 24.5 Å². The third kappa shape index (κ3) is 8.73. The smallest absolute Gasteiger partial charge is 0.194 e. The van der Waals surface area contributed by atoms with E-state index in [1.807, 2.05) is 109 Å². The summed E-state index contributed by atoms with van der Waals surface area (Å²) in [5.74, 6) is 1.30. The van der Waals surface area contributed by atoms with Crippen LogP contribution in [0.1, 0.15) is 5.56 Å². The minimum absolute atomic E-state index is 0.428. The Labute approximate surface area is 496 Å². The van der Waals surface area contributed by atoms with Crippen molar-refractivity contribution in [3.8, 4) is 107 Å². The van der Waals surface area contributed by atoms with Crippen LogP contribution in [0.15, 0.2) is 279 Å². The van der Waals surface area contributed by atoms with Gasteiger partial charge < -0.3 is 9.13 Å². The van der Waals surface area contributed by atoms with Crippen molar-refractivity contribution in [1.82, 2.24) is 24.1 Å². The SMILES string of the molecule is [C-]#[N+]c1ccccc1-c1ccc(-c2nc(-c3ccc(-c4ccccc4C#N)cc3-n3c4ccccc4c4cc(-c5ccccc5)ccc43)nc(-c3ccc(-c4ccccc4[N+]#[C-])cc3-n3c4ccccc4c4cc(-c5ccccc5)ccc43)n2)cc1. The molecule has 0 N–H and O–H groups in total. The number of para-hydroxylation sites is 4.